The van der Waals surface area contributed by atoms with Crippen molar-refractivity contribution in [2.24, 2.45) is 0 Å². The van der Waals surface area contributed by atoms with Crippen LogP contribution in [0.2, 0.25) is 0 Å². The molecule has 1 aromatic carbocycles. The smallest absolute Gasteiger partial charge is 0.272 e. The Hall–Kier alpha value is -1.59. The summed E-state index contributed by atoms with van der Waals surface area (Å²) in [6.07, 6.45) is 3.56. The molecule has 3 rings (SSSR count). The summed E-state index contributed by atoms with van der Waals surface area (Å²) >= 11 is 3.43. The van der Waals surface area contributed by atoms with Gasteiger partial charge >= 0.3 is 0 Å². The summed E-state index contributed by atoms with van der Waals surface area (Å²) < 4.78 is 2.92. The first-order valence-corrected chi connectivity index (χ1v) is 7.81. The van der Waals surface area contributed by atoms with E-state index >= 15 is 0 Å². The number of rotatable bonds is 4. The SMILES string of the molecule is CC(O)c1ccccc1NC(=O)c1cc(Br)cn1C1CC1. The summed E-state index contributed by atoms with van der Waals surface area (Å²) in [6.45, 7) is 1.69. The van der Waals surface area contributed by atoms with Gasteiger partial charge in [0.25, 0.3) is 5.91 Å². The molecule has 1 fully saturated rings. The number of para-hydroxylation sites is 1. The van der Waals surface area contributed by atoms with E-state index in [0.29, 0.717) is 17.4 Å². The predicted molar refractivity (Wildman–Crippen MR) is 85.4 cm³/mol. The molecule has 0 radical (unpaired) electrons. The Labute approximate surface area is 131 Å². The van der Waals surface area contributed by atoms with Crippen LogP contribution in [-0.4, -0.2) is 15.6 Å². The molecule has 1 atom stereocenters. The molecule has 1 heterocycles. The molecular formula is C16H17BrN2O2. The van der Waals surface area contributed by atoms with Gasteiger partial charge in [0, 0.05) is 28.0 Å². The summed E-state index contributed by atoms with van der Waals surface area (Å²) in [6, 6.07) is 9.58. The number of hydrogen-bond acceptors (Lipinski definition) is 2. The first-order valence-electron chi connectivity index (χ1n) is 7.02. The van der Waals surface area contributed by atoms with E-state index < -0.39 is 6.10 Å². The monoisotopic (exact) mass is 348 g/mol. The van der Waals surface area contributed by atoms with Crippen molar-refractivity contribution in [3.8, 4) is 0 Å². The lowest BCUT2D eigenvalue weighted by molar-refractivity contribution is 0.101. The Morgan fingerprint density at radius 1 is 1.43 bits per heavy atom. The van der Waals surface area contributed by atoms with Gasteiger partial charge in [-0.15, -0.1) is 0 Å². The van der Waals surface area contributed by atoms with E-state index in [1.54, 1.807) is 13.0 Å². The van der Waals surface area contributed by atoms with Crippen molar-refractivity contribution in [3.63, 3.8) is 0 Å². The van der Waals surface area contributed by atoms with Crippen LogP contribution in [0, 0.1) is 0 Å². The molecule has 1 aliphatic carbocycles. The number of nitrogens with zero attached hydrogens (tertiary/aromatic N) is 1. The summed E-state index contributed by atoms with van der Waals surface area (Å²) in [4.78, 5) is 12.5. The van der Waals surface area contributed by atoms with Gasteiger partial charge in [-0.25, -0.2) is 0 Å². The van der Waals surface area contributed by atoms with Gasteiger partial charge < -0.3 is 15.0 Å². The molecule has 2 aromatic rings. The van der Waals surface area contributed by atoms with E-state index in [4.69, 9.17) is 0 Å². The fourth-order valence-corrected chi connectivity index (χ4v) is 2.88. The lowest BCUT2D eigenvalue weighted by Gasteiger charge is -2.14. The van der Waals surface area contributed by atoms with Crippen LogP contribution in [0.1, 0.15) is 48.0 Å². The zero-order valence-electron chi connectivity index (χ0n) is 11.7. The molecule has 1 unspecified atom stereocenters. The fourth-order valence-electron chi connectivity index (χ4n) is 2.44. The standard InChI is InChI=1S/C16H17BrN2O2/c1-10(20)13-4-2-3-5-14(13)18-16(21)15-8-11(17)9-19(15)12-6-7-12/h2-5,8-10,12,20H,6-7H2,1H3,(H,18,21). The van der Waals surface area contributed by atoms with Crippen LogP contribution in [0.25, 0.3) is 0 Å². The number of hydrogen-bond donors (Lipinski definition) is 2. The molecule has 1 saturated carbocycles. The van der Waals surface area contributed by atoms with E-state index in [-0.39, 0.29) is 5.91 Å². The molecule has 110 valence electrons. The number of amides is 1. The van der Waals surface area contributed by atoms with Crippen molar-refractivity contribution >= 4 is 27.5 Å². The second-order valence-electron chi connectivity index (χ2n) is 5.40. The average molecular weight is 349 g/mol. The second-order valence-corrected chi connectivity index (χ2v) is 6.32. The van der Waals surface area contributed by atoms with Crippen LogP contribution in [0.4, 0.5) is 5.69 Å². The molecule has 2 N–H and O–H groups in total. The predicted octanol–water partition coefficient (Wildman–Crippen LogP) is 3.89. The number of anilines is 1. The number of carbonyl (C=O) groups excluding carboxylic acids is 1. The van der Waals surface area contributed by atoms with E-state index in [1.165, 1.54) is 0 Å². The molecule has 0 spiro atoms. The van der Waals surface area contributed by atoms with Crippen LogP contribution in [-0.2, 0) is 0 Å². The van der Waals surface area contributed by atoms with Crippen LogP contribution >= 0.6 is 15.9 Å². The van der Waals surface area contributed by atoms with Crippen LogP contribution in [0.15, 0.2) is 41.0 Å². The van der Waals surface area contributed by atoms with Gasteiger partial charge in [-0.05, 0) is 47.8 Å². The van der Waals surface area contributed by atoms with Gasteiger partial charge in [0.05, 0.1) is 6.10 Å². The molecule has 1 aliphatic rings. The van der Waals surface area contributed by atoms with E-state index in [9.17, 15) is 9.90 Å². The molecule has 4 nitrogen and oxygen atoms in total. The zero-order chi connectivity index (χ0) is 15.0. The average Bonchev–Trinajstić information content (AvgIpc) is 3.21. The molecule has 0 bridgehead atoms. The first-order chi connectivity index (χ1) is 10.1. The summed E-state index contributed by atoms with van der Waals surface area (Å²) in [5.74, 6) is -0.152. The first kappa shape index (κ1) is 14.4. The van der Waals surface area contributed by atoms with E-state index in [2.05, 4.69) is 21.2 Å². The number of aliphatic hydroxyl groups excluding tert-OH is 1. The Kier molecular flexibility index (Phi) is 3.87. The van der Waals surface area contributed by atoms with Gasteiger partial charge in [-0.1, -0.05) is 18.2 Å². The fraction of sp³-hybridized carbons (Fsp3) is 0.312. The van der Waals surface area contributed by atoms with Gasteiger partial charge in [0.15, 0.2) is 0 Å². The minimum atomic E-state index is -0.622. The molecule has 5 heteroatoms. The molecule has 0 saturated heterocycles. The molecule has 0 aliphatic heterocycles. The van der Waals surface area contributed by atoms with Crippen molar-refractivity contribution < 1.29 is 9.90 Å². The van der Waals surface area contributed by atoms with Gasteiger partial charge in [0.2, 0.25) is 0 Å². The normalized spacial score (nSPS) is 15.8. The number of nitrogens with one attached hydrogen (secondary N) is 1. The number of halogens is 1. The van der Waals surface area contributed by atoms with Crippen molar-refractivity contribution in [1.29, 1.82) is 0 Å². The number of carbonyl (C=O) groups is 1. The van der Waals surface area contributed by atoms with Gasteiger partial charge in [-0.3, -0.25) is 4.79 Å². The van der Waals surface area contributed by atoms with Gasteiger partial charge in [0.1, 0.15) is 5.69 Å². The topological polar surface area (TPSA) is 54.3 Å². The highest BCUT2D eigenvalue weighted by molar-refractivity contribution is 9.10. The van der Waals surface area contributed by atoms with Crippen LogP contribution in [0.5, 0.6) is 0 Å². The van der Waals surface area contributed by atoms with Crippen LogP contribution < -0.4 is 5.32 Å². The number of aliphatic hydroxyl groups is 1. The van der Waals surface area contributed by atoms with Crippen molar-refractivity contribution in [3.05, 3.63) is 52.3 Å². The largest absolute Gasteiger partial charge is 0.389 e. The van der Waals surface area contributed by atoms with E-state index in [0.717, 1.165) is 22.9 Å². The van der Waals surface area contributed by atoms with Crippen LogP contribution in [0.3, 0.4) is 0 Å². The second kappa shape index (κ2) is 5.66. The molecular weight excluding hydrogens is 332 g/mol. The summed E-state index contributed by atoms with van der Waals surface area (Å²) in [5, 5.41) is 12.7. The lowest BCUT2D eigenvalue weighted by Crippen LogP contribution is -2.17. The number of benzene rings is 1. The zero-order valence-corrected chi connectivity index (χ0v) is 13.3. The Morgan fingerprint density at radius 2 is 2.14 bits per heavy atom. The maximum absolute atomic E-state index is 12.5. The summed E-state index contributed by atoms with van der Waals surface area (Å²) in [7, 11) is 0. The third-order valence-electron chi connectivity index (χ3n) is 3.65. The third kappa shape index (κ3) is 3.04. The minimum absolute atomic E-state index is 0.152. The Morgan fingerprint density at radius 3 is 2.81 bits per heavy atom. The maximum atomic E-state index is 12.5. The molecule has 1 aromatic heterocycles. The highest BCUT2D eigenvalue weighted by atomic mass is 79.9. The maximum Gasteiger partial charge on any atom is 0.272 e. The highest BCUT2D eigenvalue weighted by Crippen LogP contribution is 2.37. The highest BCUT2D eigenvalue weighted by Gasteiger charge is 2.28. The van der Waals surface area contributed by atoms with Crippen molar-refractivity contribution in [1.82, 2.24) is 4.57 Å². The van der Waals surface area contributed by atoms with Gasteiger partial charge in [-0.2, -0.15) is 0 Å². The number of aromatic nitrogens is 1. The molecule has 1 amide bonds. The Balaban J connectivity index is 1.87. The van der Waals surface area contributed by atoms with Crippen molar-refractivity contribution in [2.75, 3.05) is 5.32 Å². The Bertz CT molecular complexity index is 675. The summed E-state index contributed by atoms with van der Waals surface area (Å²) in [5.41, 5.74) is 2.01. The van der Waals surface area contributed by atoms with Crippen molar-refractivity contribution in [2.45, 2.75) is 31.9 Å². The van der Waals surface area contributed by atoms with E-state index in [1.807, 2.05) is 35.0 Å². The lowest BCUT2D eigenvalue weighted by atomic mass is 10.1. The minimum Gasteiger partial charge on any atom is -0.389 e. The third-order valence-corrected chi connectivity index (χ3v) is 4.08. The quantitative estimate of drug-likeness (QED) is 0.880. The molecule has 21 heavy (non-hydrogen) atoms.